The third-order valence-corrected chi connectivity index (χ3v) is 4.73. The average Bonchev–Trinajstić information content (AvgIpc) is 2.97. The molecule has 8 nitrogen and oxygen atoms in total. The van der Waals surface area contributed by atoms with Crippen LogP contribution >= 0.6 is 0 Å². The Morgan fingerprint density at radius 1 is 1.36 bits per heavy atom. The summed E-state index contributed by atoms with van der Waals surface area (Å²) in [5, 5.41) is 0. The molecule has 5 atom stereocenters. The number of esters is 1. The number of nitrogen functional groups attached to an aromatic ring is 1. The van der Waals surface area contributed by atoms with Crippen molar-refractivity contribution < 1.29 is 14.3 Å². The molecule has 0 aliphatic carbocycles. The van der Waals surface area contributed by atoms with Crippen molar-refractivity contribution >= 4 is 23.0 Å². The second-order valence-electron chi connectivity index (χ2n) is 6.01. The highest BCUT2D eigenvalue weighted by Crippen LogP contribution is 2.50. The molecule has 2 aliphatic heterocycles. The summed E-state index contributed by atoms with van der Waals surface area (Å²) in [6, 6.07) is 0. The fourth-order valence-corrected chi connectivity index (χ4v) is 3.45. The van der Waals surface area contributed by atoms with Crippen LogP contribution in [0, 0.1) is 11.8 Å². The standard InChI is InChI=1S/C14H17N5O3/c1-5-6(2)14-19-12-8(11(15)16-4-17-12)18-13(19)10(9(5)22-14)21-7(3)20/h4-6,9-10,14H,1-3H3,(H2,15,16,17). The maximum absolute atomic E-state index is 11.5. The average molecular weight is 303 g/mol. The molecule has 2 aliphatic rings. The molecule has 4 heterocycles. The van der Waals surface area contributed by atoms with Gasteiger partial charge in [-0.15, -0.1) is 0 Å². The van der Waals surface area contributed by atoms with Gasteiger partial charge in [0, 0.05) is 12.8 Å². The van der Waals surface area contributed by atoms with Crippen LogP contribution in [0.25, 0.3) is 11.2 Å². The lowest BCUT2D eigenvalue weighted by molar-refractivity contribution is -0.165. The molecule has 22 heavy (non-hydrogen) atoms. The Balaban J connectivity index is 1.97. The number of anilines is 1. The maximum atomic E-state index is 11.5. The summed E-state index contributed by atoms with van der Waals surface area (Å²) >= 11 is 0. The molecule has 1 fully saturated rings. The Morgan fingerprint density at radius 2 is 2.14 bits per heavy atom. The van der Waals surface area contributed by atoms with E-state index in [-0.39, 0.29) is 30.1 Å². The van der Waals surface area contributed by atoms with Gasteiger partial charge in [-0.25, -0.2) is 15.0 Å². The number of hydrogen-bond donors (Lipinski definition) is 1. The van der Waals surface area contributed by atoms with E-state index in [2.05, 4.69) is 28.8 Å². The Hall–Kier alpha value is -2.22. The number of nitrogens with zero attached hydrogens (tertiary/aromatic N) is 4. The van der Waals surface area contributed by atoms with Gasteiger partial charge in [0.1, 0.15) is 18.7 Å². The first-order valence-electron chi connectivity index (χ1n) is 7.30. The first-order chi connectivity index (χ1) is 10.5. The van der Waals surface area contributed by atoms with Gasteiger partial charge in [-0.05, 0) is 5.92 Å². The number of rotatable bonds is 1. The lowest BCUT2D eigenvalue weighted by atomic mass is 9.91. The summed E-state index contributed by atoms with van der Waals surface area (Å²) in [5.74, 6) is 1.07. The van der Waals surface area contributed by atoms with Crippen LogP contribution in [0.15, 0.2) is 6.33 Å². The van der Waals surface area contributed by atoms with E-state index in [4.69, 9.17) is 15.2 Å². The molecule has 0 amide bonds. The largest absolute Gasteiger partial charge is 0.452 e. The highest BCUT2D eigenvalue weighted by atomic mass is 16.6. The van der Waals surface area contributed by atoms with E-state index in [1.54, 1.807) is 0 Å². The van der Waals surface area contributed by atoms with Crippen LogP contribution in [-0.2, 0) is 14.3 Å². The quantitative estimate of drug-likeness (QED) is 0.789. The molecule has 0 radical (unpaired) electrons. The molecule has 2 aromatic heterocycles. The van der Waals surface area contributed by atoms with Gasteiger partial charge >= 0.3 is 5.97 Å². The van der Waals surface area contributed by atoms with Gasteiger partial charge in [0.15, 0.2) is 28.9 Å². The number of carbonyl (C=O) groups is 1. The van der Waals surface area contributed by atoms with Crippen LogP contribution in [-0.4, -0.2) is 31.6 Å². The number of hydrogen-bond acceptors (Lipinski definition) is 7. The molecule has 0 spiro atoms. The van der Waals surface area contributed by atoms with Crippen LogP contribution < -0.4 is 5.73 Å². The second-order valence-corrected chi connectivity index (χ2v) is 6.01. The number of aromatic nitrogens is 4. The van der Waals surface area contributed by atoms with Gasteiger partial charge in [0.25, 0.3) is 0 Å². The van der Waals surface area contributed by atoms with Gasteiger partial charge in [0.05, 0.1) is 0 Å². The molecule has 116 valence electrons. The normalized spacial score (nSPS) is 33.0. The van der Waals surface area contributed by atoms with E-state index >= 15 is 0 Å². The van der Waals surface area contributed by atoms with Crippen LogP contribution in [0.3, 0.4) is 0 Å². The first-order valence-corrected chi connectivity index (χ1v) is 7.30. The van der Waals surface area contributed by atoms with E-state index in [0.29, 0.717) is 22.8 Å². The SMILES string of the molecule is CC(=O)OC1c2nc3c(N)ncnc3n2C2OC1C(C)C2C. The predicted octanol–water partition coefficient (Wildman–Crippen LogP) is 1.20. The fraction of sp³-hybridized carbons (Fsp3) is 0.571. The van der Waals surface area contributed by atoms with E-state index < -0.39 is 6.10 Å². The van der Waals surface area contributed by atoms with E-state index in [0.717, 1.165) is 0 Å². The van der Waals surface area contributed by atoms with Crippen LogP contribution in [0.1, 0.15) is 38.9 Å². The lowest BCUT2D eigenvalue weighted by Crippen LogP contribution is -2.33. The minimum atomic E-state index is -0.553. The van der Waals surface area contributed by atoms with Gasteiger partial charge in [-0.1, -0.05) is 13.8 Å². The molecule has 4 rings (SSSR count). The third-order valence-electron chi connectivity index (χ3n) is 4.73. The highest BCUT2D eigenvalue weighted by Gasteiger charge is 2.52. The molecule has 0 saturated carbocycles. The van der Waals surface area contributed by atoms with Crippen LogP contribution in [0.5, 0.6) is 0 Å². The Morgan fingerprint density at radius 3 is 2.86 bits per heavy atom. The number of fused-ring (bicyclic) bond motifs is 6. The van der Waals surface area contributed by atoms with Crippen molar-refractivity contribution in [1.29, 1.82) is 0 Å². The Kier molecular flexibility index (Phi) is 2.68. The van der Waals surface area contributed by atoms with Crippen molar-refractivity contribution in [3.63, 3.8) is 0 Å². The van der Waals surface area contributed by atoms with Crippen molar-refractivity contribution in [3.05, 3.63) is 12.2 Å². The van der Waals surface area contributed by atoms with Gasteiger partial charge in [0.2, 0.25) is 0 Å². The molecular weight excluding hydrogens is 286 g/mol. The number of carbonyl (C=O) groups excluding carboxylic acids is 1. The van der Waals surface area contributed by atoms with Crippen LogP contribution in [0.2, 0.25) is 0 Å². The summed E-state index contributed by atoms with van der Waals surface area (Å²) < 4.78 is 13.5. The van der Waals surface area contributed by atoms with Crippen molar-refractivity contribution in [3.8, 4) is 0 Å². The Bertz CT molecular complexity index is 773. The number of imidazole rings is 1. The molecular formula is C14H17N5O3. The van der Waals surface area contributed by atoms with Crippen LogP contribution in [0.4, 0.5) is 5.82 Å². The minimum Gasteiger partial charge on any atom is -0.452 e. The maximum Gasteiger partial charge on any atom is 0.303 e. The van der Waals surface area contributed by atoms with Crippen molar-refractivity contribution in [2.75, 3.05) is 5.73 Å². The van der Waals surface area contributed by atoms with Crippen molar-refractivity contribution in [1.82, 2.24) is 19.5 Å². The zero-order valence-corrected chi connectivity index (χ0v) is 12.6. The predicted molar refractivity (Wildman–Crippen MR) is 76.5 cm³/mol. The molecule has 2 bridgehead atoms. The van der Waals surface area contributed by atoms with E-state index in [1.165, 1.54) is 13.3 Å². The molecule has 1 saturated heterocycles. The second kappa shape index (κ2) is 4.39. The zero-order valence-electron chi connectivity index (χ0n) is 12.6. The number of nitrogens with two attached hydrogens (primary N) is 1. The Labute approximate surface area is 126 Å². The van der Waals surface area contributed by atoms with Crippen molar-refractivity contribution in [2.24, 2.45) is 11.8 Å². The topological polar surface area (TPSA) is 105 Å². The lowest BCUT2D eigenvalue weighted by Gasteiger charge is -2.30. The molecule has 0 aromatic carbocycles. The van der Waals surface area contributed by atoms with E-state index in [1.807, 2.05) is 4.57 Å². The monoisotopic (exact) mass is 303 g/mol. The smallest absolute Gasteiger partial charge is 0.303 e. The van der Waals surface area contributed by atoms with Gasteiger partial charge in [-0.3, -0.25) is 9.36 Å². The molecule has 8 heteroatoms. The van der Waals surface area contributed by atoms with E-state index in [9.17, 15) is 4.79 Å². The molecule has 5 unspecified atom stereocenters. The molecule has 2 aromatic rings. The fourth-order valence-electron chi connectivity index (χ4n) is 3.45. The van der Waals surface area contributed by atoms with Crippen molar-refractivity contribution in [2.45, 2.75) is 39.2 Å². The highest BCUT2D eigenvalue weighted by molar-refractivity contribution is 5.82. The third kappa shape index (κ3) is 1.61. The molecule has 2 N–H and O–H groups in total. The summed E-state index contributed by atoms with van der Waals surface area (Å²) in [5.41, 5.74) is 7.03. The number of ether oxygens (including phenoxy) is 2. The van der Waals surface area contributed by atoms with Gasteiger partial charge in [-0.2, -0.15) is 0 Å². The minimum absolute atomic E-state index is 0.180. The zero-order chi connectivity index (χ0) is 15.6. The summed E-state index contributed by atoms with van der Waals surface area (Å²) in [6.07, 6.45) is 0.466. The summed E-state index contributed by atoms with van der Waals surface area (Å²) in [4.78, 5) is 24.3. The summed E-state index contributed by atoms with van der Waals surface area (Å²) in [6.45, 7) is 5.60. The van der Waals surface area contributed by atoms with Gasteiger partial charge < -0.3 is 15.2 Å². The summed E-state index contributed by atoms with van der Waals surface area (Å²) in [7, 11) is 0. The first kappa shape index (κ1) is 13.4.